The molecule has 1 aromatic rings. The van der Waals surface area contributed by atoms with Crippen LogP contribution >= 0.6 is 0 Å². The number of para-hydroxylation sites is 1. The second kappa shape index (κ2) is 3.97. The summed E-state index contributed by atoms with van der Waals surface area (Å²) in [7, 11) is 0. The van der Waals surface area contributed by atoms with Crippen molar-refractivity contribution in [3.63, 3.8) is 0 Å². The first-order valence-electron chi connectivity index (χ1n) is 4.53. The average molecular weight is 220 g/mol. The number of amides is 1. The quantitative estimate of drug-likeness (QED) is 0.581. The Labute approximate surface area is 90.5 Å². The molecule has 0 saturated carbocycles. The SMILES string of the molecule is O=C1CC(N(c2ccccc2)[N+](=O)[O-])=NN1. The Morgan fingerprint density at radius 3 is 2.56 bits per heavy atom. The molecule has 0 aromatic heterocycles. The molecule has 1 aliphatic rings. The number of carbonyl (C=O) groups is 1. The monoisotopic (exact) mass is 220 g/mol. The van der Waals surface area contributed by atoms with Gasteiger partial charge >= 0.3 is 0 Å². The van der Waals surface area contributed by atoms with Gasteiger partial charge in [0.1, 0.15) is 5.69 Å². The average Bonchev–Trinajstić information content (AvgIpc) is 2.66. The third kappa shape index (κ3) is 1.83. The summed E-state index contributed by atoms with van der Waals surface area (Å²) >= 11 is 0. The molecule has 1 N–H and O–H groups in total. The van der Waals surface area contributed by atoms with Gasteiger partial charge in [0.25, 0.3) is 0 Å². The van der Waals surface area contributed by atoms with Crippen LogP contribution in [-0.2, 0) is 4.79 Å². The van der Waals surface area contributed by atoms with Gasteiger partial charge in [-0.2, -0.15) is 5.10 Å². The first-order valence-corrected chi connectivity index (χ1v) is 4.53. The van der Waals surface area contributed by atoms with Crippen LogP contribution in [0.1, 0.15) is 6.42 Å². The fourth-order valence-electron chi connectivity index (χ4n) is 1.38. The first kappa shape index (κ1) is 10.1. The minimum absolute atomic E-state index is 0.0844. The van der Waals surface area contributed by atoms with Crippen molar-refractivity contribution in [3.05, 3.63) is 40.4 Å². The van der Waals surface area contributed by atoms with E-state index in [1.807, 2.05) is 0 Å². The van der Waals surface area contributed by atoms with Gasteiger partial charge in [0, 0.05) is 0 Å². The molecule has 7 nitrogen and oxygen atoms in total. The lowest BCUT2D eigenvalue weighted by Crippen LogP contribution is -2.35. The fourth-order valence-corrected chi connectivity index (χ4v) is 1.38. The molecule has 0 bridgehead atoms. The Balaban J connectivity index is 2.32. The zero-order valence-electron chi connectivity index (χ0n) is 8.16. The molecule has 1 heterocycles. The van der Waals surface area contributed by atoms with Gasteiger partial charge in [-0.1, -0.05) is 18.2 Å². The smallest absolute Gasteiger partial charge is 0.248 e. The Morgan fingerprint density at radius 2 is 2.06 bits per heavy atom. The zero-order valence-corrected chi connectivity index (χ0v) is 8.16. The maximum Gasteiger partial charge on any atom is 0.248 e. The van der Waals surface area contributed by atoms with Gasteiger partial charge in [-0.3, -0.25) is 4.79 Å². The number of rotatable bonds is 2. The Bertz CT molecular complexity index is 457. The predicted molar refractivity (Wildman–Crippen MR) is 56.1 cm³/mol. The van der Waals surface area contributed by atoms with Crippen molar-refractivity contribution >= 4 is 17.4 Å². The number of nitro groups is 1. The summed E-state index contributed by atoms with van der Waals surface area (Å²) in [6.45, 7) is 0. The van der Waals surface area contributed by atoms with Gasteiger partial charge in [0.05, 0.1) is 6.42 Å². The standard InChI is InChI=1S/C9H8N4O3/c14-9-6-8(10-11-9)12(13(15)16)7-4-2-1-3-5-7/h1-5H,6H2,(H,11,14). The summed E-state index contributed by atoms with van der Waals surface area (Å²) in [5, 5.41) is 14.7. The first-order chi connectivity index (χ1) is 7.68. The third-order valence-electron chi connectivity index (χ3n) is 2.04. The third-order valence-corrected chi connectivity index (χ3v) is 2.04. The highest BCUT2D eigenvalue weighted by Gasteiger charge is 2.29. The zero-order chi connectivity index (χ0) is 11.5. The minimum atomic E-state index is -0.603. The highest BCUT2D eigenvalue weighted by molar-refractivity contribution is 6.10. The maximum atomic E-state index is 10.9. The van der Waals surface area contributed by atoms with Crippen LogP contribution in [0.5, 0.6) is 0 Å². The molecule has 1 aliphatic heterocycles. The lowest BCUT2D eigenvalue weighted by Gasteiger charge is -2.11. The maximum absolute atomic E-state index is 10.9. The van der Waals surface area contributed by atoms with Crippen molar-refractivity contribution in [1.29, 1.82) is 0 Å². The number of anilines is 1. The molecule has 0 fully saturated rings. The van der Waals surface area contributed by atoms with Gasteiger partial charge < -0.3 is 0 Å². The second-order valence-electron chi connectivity index (χ2n) is 3.12. The number of hydrazone groups is 1. The molecule has 2 rings (SSSR count). The van der Waals surface area contributed by atoms with Gasteiger partial charge in [0.2, 0.25) is 11.7 Å². The minimum Gasteiger partial charge on any atom is -0.273 e. The number of hydrogen-bond acceptors (Lipinski definition) is 4. The van der Waals surface area contributed by atoms with Crippen molar-refractivity contribution < 1.29 is 9.83 Å². The summed E-state index contributed by atoms with van der Waals surface area (Å²) < 4.78 is 0. The van der Waals surface area contributed by atoms with E-state index in [-0.39, 0.29) is 18.2 Å². The van der Waals surface area contributed by atoms with Crippen molar-refractivity contribution in [2.24, 2.45) is 5.10 Å². The number of benzene rings is 1. The molecule has 16 heavy (non-hydrogen) atoms. The summed E-state index contributed by atoms with van der Waals surface area (Å²) in [6, 6.07) is 8.26. The van der Waals surface area contributed by atoms with E-state index >= 15 is 0 Å². The lowest BCUT2D eigenvalue weighted by molar-refractivity contribution is -0.479. The van der Waals surface area contributed by atoms with E-state index in [9.17, 15) is 14.9 Å². The number of nitrogens with one attached hydrogen (secondary N) is 1. The van der Waals surface area contributed by atoms with Crippen molar-refractivity contribution in [1.82, 2.24) is 5.43 Å². The van der Waals surface area contributed by atoms with E-state index in [4.69, 9.17) is 0 Å². The molecule has 1 aromatic carbocycles. The molecule has 0 aliphatic carbocycles. The van der Waals surface area contributed by atoms with Gasteiger partial charge in [-0.05, 0) is 17.1 Å². The molecule has 0 radical (unpaired) electrons. The molecule has 0 saturated heterocycles. The summed E-state index contributed by atoms with van der Waals surface area (Å²) in [6.07, 6.45) is -0.0874. The molecular weight excluding hydrogens is 212 g/mol. The van der Waals surface area contributed by atoms with Crippen LogP contribution in [-0.4, -0.2) is 16.8 Å². The van der Waals surface area contributed by atoms with E-state index in [1.165, 1.54) is 0 Å². The van der Waals surface area contributed by atoms with Crippen LogP contribution in [0.3, 0.4) is 0 Å². The molecule has 0 unspecified atom stereocenters. The summed E-state index contributed by atoms with van der Waals surface area (Å²) in [5.74, 6) is -0.265. The summed E-state index contributed by atoms with van der Waals surface area (Å²) in [5.41, 5.74) is 2.54. The Hall–Kier alpha value is -2.44. The van der Waals surface area contributed by atoms with Gasteiger partial charge in [0.15, 0.2) is 5.03 Å². The van der Waals surface area contributed by atoms with Gasteiger partial charge in [-0.15, -0.1) is 0 Å². The highest BCUT2D eigenvalue weighted by atomic mass is 16.7. The predicted octanol–water partition coefficient (Wildman–Crippen LogP) is 0.518. The van der Waals surface area contributed by atoms with Crippen LogP contribution in [0.4, 0.5) is 5.69 Å². The van der Waals surface area contributed by atoms with E-state index < -0.39 is 5.03 Å². The van der Waals surface area contributed by atoms with Crippen molar-refractivity contribution in [2.75, 3.05) is 5.01 Å². The molecule has 0 atom stereocenters. The van der Waals surface area contributed by atoms with Crippen molar-refractivity contribution in [2.45, 2.75) is 6.42 Å². The normalized spacial score (nSPS) is 14.2. The van der Waals surface area contributed by atoms with Crippen LogP contribution < -0.4 is 10.4 Å². The Kier molecular flexibility index (Phi) is 2.50. The van der Waals surface area contributed by atoms with Crippen LogP contribution in [0.2, 0.25) is 0 Å². The molecule has 82 valence electrons. The number of amidine groups is 1. The number of hydrazine groups is 1. The van der Waals surface area contributed by atoms with Crippen LogP contribution in [0, 0.1) is 10.1 Å². The summed E-state index contributed by atoms with van der Waals surface area (Å²) in [4.78, 5) is 21.8. The lowest BCUT2D eigenvalue weighted by atomic mass is 10.3. The van der Waals surface area contributed by atoms with E-state index in [0.717, 1.165) is 5.01 Å². The molecular formula is C9H8N4O3. The van der Waals surface area contributed by atoms with Gasteiger partial charge in [-0.25, -0.2) is 15.5 Å². The largest absolute Gasteiger partial charge is 0.273 e. The fraction of sp³-hybridized carbons (Fsp3) is 0.111. The van der Waals surface area contributed by atoms with Crippen LogP contribution in [0.25, 0.3) is 0 Å². The van der Waals surface area contributed by atoms with Crippen molar-refractivity contribution in [3.8, 4) is 0 Å². The topological polar surface area (TPSA) is 87.8 Å². The number of nitrogens with zero attached hydrogens (tertiary/aromatic N) is 3. The molecule has 1 amide bonds. The van der Waals surface area contributed by atoms with E-state index in [0.29, 0.717) is 5.69 Å². The van der Waals surface area contributed by atoms with E-state index in [2.05, 4.69) is 10.5 Å². The molecule has 0 spiro atoms. The Morgan fingerprint density at radius 1 is 1.38 bits per heavy atom. The second-order valence-corrected chi connectivity index (χ2v) is 3.12. The van der Waals surface area contributed by atoms with Crippen LogP contribution in [0.15, 0.2) is 35.4 Å². The van der Waals surface area contributed by atoms with E-state index in [1.54, 1.807) is 30.3 Å². The number of carbonyl (C=O) groups excluding carboxylic acids is 1. The number of hydrogen-bond donors (Lipinski definition) is 1. The molecule has 7 heteroatoms. The highest BCUT2D eigenvalue weighted by Crippen LogP contribution is 2.16.